The number of aromatic nitrogens is 4. The number of nitrogens with zero attached hydrogens (tertiary/aromatic N) is 5. The molecule has 1 saturated heterocycles. The summed E-state index contributed by atoms with van der Waals surface area (Å²) in [5.74, 6) is 1.65. The van der Waals surface area contributed by atoms with Gasteiger partial charge in [-0.05, 0) is 32.8 Å². The van der Waals surface area contributed by atoms with Crippen molar-refractivity contribution in [2.45, 2.75) is 52.5 Å². The van der Waals surface area contributed by atoms with E-state index >= 15 is 0 Å². The van der Waals surface area contributed by atoms with Crippen LogP contribution in [-0.4, -0.2) is 43.8 Å². The van der Waals surface area contributed by atoms with Gasteiger partial charge in [0.1, 0.15) is 0 Å². The van der Waals surface area contributed by atoms with Crippen LogP contribution in [0.2, 0.25) is 0 Å². The number of aryl methyl sites for hydroxylation is 4. The normalized spacial score (nSPS) is 18.4. The molecule has 0 N–H and O–H groups in total. The van der Waals surface area contributed by atoms with Crippen molar-refractivity contribution in [3.8, 4) is 0 Å². The van der Waals surface area contributed by atoms with Gasteiger partial charge in [0.15, 0.2) is 5.82 Å². The third kappa shape index (κ3) is 3.60. The van der Waals surface area contributed by atoms with Gasteiger partial charge in [0.25, 0.3) is 0 Å². The Hall–Kier alpha value is -2.18. The molecule has 0 radical (unpaired) electrons. The van der Waals surface area contributed by atoms with Gasteiger partial charge in [-0.3, -0.25) is 9.48 Å². The lowest BCUT2D eigenvalue weighted by Gasteiger charge is -2.31. The zero-order valence-electron chi connectivity index (χ0n) is 13.9. The van der Waals surface area contributed by atoms with Gasteiger partial charge < -0.3 is 9.42 Å². The third-order valence-corrected chi connectivity index (χ3v) is 4.32. The van der Waals surface area contributed by atoms with Crippen LogP contribution in [0.25, 0.3) is 0 Å². The summed E-state index contributed by atoms with van der Waals surface area (Å²) in [5.41, 5.74) is 2.08. The highest BCUT2D eigenvalue weighted by molar-refractivity contribution is 5.76. The van der Waals surface area contributed by atoms with Crippen molar-refractivity contribution in [1.82, 2.24) is 24.8 Å². The maximum Gasteiger partial charge on any atom is 0.224 e. The Morgan fingerprint density at radius 2 is 2.22 bits per heavy atom. The Labute approximate surface area is 135 Å². The largest absolute Gasteiger partial charge is 0.342 e. The van der Waals surface area contributed by atoms with E-state index in [0.717, 1.165) is 36.6 Å². The molecule has 3 rings (SSSR count). The minimum absolute atomic E-state index is 0.169. The molecule has 1 aliphatic heterocycles. The fourth-order valence-electron chi connectivity index (χ4n) is 3.16. The van der Waals surface area contributed by atoms with E-state index in [1.54, 1.807) is 6.92 Å². The van der Waals surface area contributed by atoms with E-state index in [2.05, 4.69) is 15.2 Å². The van der Waals surface area contributed by atoms with E-state index in [1.165, 1.54) is 0 Å². The third-order valence-electron chi connectivity index (χ3n) is 4.32. The van der Waals surface area contributed by atoms with Crippen molar-refractivity contribution < 1.29 is 9.32 Å². The summed E-state index contributed by atoms with van der Waals surface area (Å²) < 4.78 is 6.96. The molecular formula is C16H23N5O2. The van der Waals surface area contributed by atoms with Crippen molar-refractivity contribution in [1.29, 1.82) is 0 Å². The Morgan fingerprint density at radius 1 is 1.39 bits per heavy atom. The zero-order valence-corrected chi connectivity index (χ0v) is 13.9. The number of rotatable bonds is 4. The van der Waals surface area contributed by atoms with Gasteiger partial charge >= 0.3 is 0 Å². The zero-order chi connectivity index (χ0) is 16.4. The summed E-state index contributed by atoms with van der Waals surface area (Å²) in [7, 11) is 0. The summed E-state index contributed by atoms with van der Waals surface area (Å²) in [6.45, 7) is 7.88. The van der Waals surface area contributed by atoms with Gasteiger partial charge in [-0.1, -0.05) is 5.16 Å². The van der Waals surface area contributed by atoms with Crippen molar-refractivity contribution in [3.05, 3.63) is 29.2 Å². The SMILES string of the molecule is Cc1cc(C)n(CCC(=O)N2CCC[C@H](c3noc(C)n3)C2)n1. The van der Waals surface area contributed by atoms with Crippen molar-refractivity contribution in [2.75, 3.05) is 13.1 Å². The molecule has 23 heavy (non-hydrogen) atoms. The average molecular weight is 317 g/mol. The predicted molar refractivity (Wildman–Crippen MR) is 83.9 cm³/mol. The van der Waals surface area contributed by atoms with Crippen LogP contribution in [0.5, 0.6) is 0 Å². The maximum atomic E-state index is 12.5. The van der Waals surface area contributed by atoms with Crippen LogP contribution in [-0.2, 0) is 11.3 Å². The molecule has 0 aromatic carbocycles. The van der Waals surface area contributed by atoms with Gasteiger partial charge in [0.2, 0.25) is 11.8 Å². The minimum atomic E-state index is 0.169. The van der Waals surface area contributed by atoms with Crippen LogP contribution in [0.15, 0.2) is 10.6 Å². The maximum absolute atomic E-state index is 12.5. The van der Waals surface area contributed by atoms with Gasteiger partial charge in [0.05, 0.1) is 5.69 Å². The van der Waals surface area contributed by atoms with Crippen molar-refractivity contribution in [2.24, 2.45) is 0 Å². The van der Waals surface area contributed by atoms with Crippen LogP contribution in [0.4, 0.5) is 0 Å². The highest BCUT2D eigenvalue weighted by atomic mass is 16.5. The number of likely N-dealkylation sites (tertiary alicyclic amines) is 1. The topological polar surface area (TPSA) is 77.0 Å². The summed E-state index contributed by atoms with van der Waals surface area (Å²) in [6, 6.07) is 2.03. The molecule has 3 heterocycles. The van der Waals surface area contributed by atoms with Gasteiger partial charge in [-0.2, -0.15) is 10.1 Å². The first-order valence-electron chi connectivity index (χ1n) is 8.12. The molecule has 0 saturated carbocycles. The lowest BCUT2D eigenvalue weighted by atomic mass is 9.97. The molecule has 7 heteroatoms. The molecular weight excluding hydrogens is 294 g/mol. The molecule has 0 bridgehead atoms. The lowest BCUT2D eigenvalue weighted by molar-refractivity contribution is -0.132. The van der Waals surface area contributed by atoms with Gasteiger partial charge in [0, 0.05) is 44.6 Å². The summed E-state index contributed by atoms with van der Waals surface area (Å²) in [6.07, 6.45) is 2.45. The first-order chi connectivity index (χ1) is 11.0. The second-order valence-electron chi connectivity index (χ2n) is 6.25. The van der Waals surface area contributed by atoms with Crippen LogP contribution in [0.1, 0.15) is 48.3 Å². The standard InChI is InChI=1S/C16H23N5O2/c1-11-9-12(2)21(18-11)8-6-15(22)20-7-4-5-14(10-20)16-17-13(3)23-19-16/h9,14H,4-8,10H2,1-3H3/t14-/m0/s1. The first-order valence-corrected chi connectivity index (χ1v) is 8.12. The van der Waals surface area contributed by atoms with Gasteiger partial charge in [-0.15, -0.1) is 0 Å². The highest BCUT2D eigenvalue weighted by Gasteiger charge is 2.27. The Morgan fingerprint density at radius 3 is 2.87 bits per heavy atom. The summed E-state index contributed by atoms with van der Waals surface area (Å²) in [4.78, 5) is 18.7. The van der Waals surface area contributed by atoms with Crippen LogP contribution in [0, 0.1) is 20.8 Å². The number of piperidine rings is 1. The molecule has 1 atom stereocenters. The van der Waals surface area contributed by atoms with E-state index in [1.807, 2.05) is 29.5 Å². The number of hydrogen-bond donors (Lipinski definition) is 0. The molecule has 0 unspecified atom stereocenters. The van der Waals surface area contributed by atoms with Crippen LogP contribution in [0.3, 0.4) is 0 Å². The number of amides is 1. The number of hydrogen-bond acceptors (Lipinski definition) is 5. The van der Waals surface area contributed by atoms with Crippen molar-refractivity contribution >= 4 is 5.91 Å². The van der Waals surface area contributed by atoms with E-state index in [4.69, 9.17) is 4.52 Å². The molecule has 7 nitrogen and oxygen atoms in total. The van der Waals surface area contributed by atoms with Crippen LogP contribution >= 0.6 is 0 Å². The van der Waals surface area contributed by atoms with E-state index in [-0.39, 0.29) is 11.8 Å². The second kappa shape index (κ2) is 6.52. The molecule has 2 aromatic heterocycles. The van der Waals surface area contributed by atoms with Crippen molar-refractivity contribution in [3.63, 3.8) is 0 Å². The molecule has 1 amide bonds. The fourth-order valence-corrected chi connectivity index (χ4v) is 3.16. The Balaban J connectivity index is 1.57. The Kier molecular flexibility index (Phi) is 4.45. The van der Waals surface area contributed by atoms with Crippen LogP contribution < -0.4 is 0 Å². The molecule has 1 aliphatic rings. The first kappa shape index (κ1) is 15.7. The fraction of sp³-hybridized carbons (Fsp3) is 0.625. The molecule has 0 spiro atoms. The lowest BCUT2D eigenvalue weighted by Crippen LogP contribution is -2.39. The number of carbonyl (C=O) groups excluding carboxylic acids is 1. The second-order valence-corrected chi connectivity index (χ2v) is 6.25. The minimum Gasteiger partial charge on any atom is -0.342 e. The van der Waals surface area contributed by atoms with E-state index in [0.29, 0.717) is 25.4 Å². The monoisotopic (exact) mass is 317 g/mol. The average Bonchev–Trinajstić information content (AvgIpc) is 3.10. The number of carbonyl (C=O) groups is 1. The Bertz CT molecular complexity index is 690. The molecule has 1 fully saturated rings. The highest BCUT2D eigenvalue weighted by Crippen LogP contribution is 2.25. The summed E-state index contributed by atoms with van der Waals surface area (Å²) in [5, 5.41) is 8.41. The molecule has 2 aromatic rings. The van der Waals surface area contributed by atoms with Gasteiger partial charge in [-0.25, -0.2) is 0 Å². The summed E-state index contributed by atoms with van der Waals surface area (Å²) >= 11 is 0. The van der Waals surface area contributed by atoms with E-state index in [9.17, 15) is 4.79 Å². The predicted octanol–water partition coefficient (Wildman–Crippen LogP) is 1.99. The molecule has 124 valence electrons. The van der Waals surface area contributed by atoms with E-state index < -0.39 is 0 Å². The smallest absolute Gasteiger partial charge is 0.224 e. The quantitative estimate of drug-likeness (QED) is 0.862. The molecule has 0 aliphatic carbocycles.